The highest BCUT2D eigenvalue weighted by Gasteiger charge is 2.22. The van der Waals surface area contributed by atoms with Crippen molar-refractivity contribution < 1.29 is 14.2 Å². The first-order valence-electron chi connectivity index (χ1n) is 7.90. The van der Waals surface area contributed by atoms with E-state index < -0.39 is 0 Å². The average Bonchev–Trinajstić information content (AvgIpc) is 2.60. The second-order valence-corrected chi connectivity index (χ2v) is 5.48. The Hall–Kier alpha value is -2.27. The summed E-state index contributed by atoms with van der Waals surface area (Å²) >= 11 is 0. The number of hydrogen-bond donors (Lipinski definition) is 1. The fourth-order valence-corrected chi connectivity index (χ4v) is 2.70. The van der Waals surface area contributed by atoms with Gasteiger partial charge in [-0.1, -0.05) is 18.2 Å². The lowest BCUT2D eigenvalue weighted by Crippen LogP contribution is -2.38. The smallest absolute Gasteiger partial charge is 0.213 e. The molecule has 0 saturated heterocycles. The molecule has 1 aromatic carbocycles. The predicted octanol–water partition coefficient (Wildman–Crippen LogP) is 2.58. The van der Waals surface area contributed by atoms with Crippen LogP contribution in [-0.2, 0) is 13.0 Å². The summed E-state index contributed by atoms with van der Waals surface area (Å²) in [7, 11) is 1.67. The molecule has 3 rings (SSSR count). The third-order valence-corrected chi connectivity index (χ3v) is 3.86. The van der Waals surface area contributed by atoms with Crippen molar-refractivity contribution in [2.45, 2.75) is 25.9 Å². The van der Waals surface area contributed by atoms with Crippen LogP contribution >= 0.6 is 0 Å². The summed E-state index contributed by atoms with van der Waals surface area (Å²) in [6.45, 7) is 3.98. The molecule has 1 aromatic heterocycles. The van der Waals surface area contributed by atoms with E-state index in [1.165, 1.54) is 5.56 Å². The normalized spacial score (nSPS) is 16.3. The second-order valence-electron chi connectivity index (χ2n) is 5.48. The van der Waals surface area contributed by atoms with E-state index in [0.29, 0.717) is 19.1 Å². The Morgan fingerprint density at radius 3 is 2.96 bits per heavy atom. The molecule has 122 valence electrons. The van der Waals surface area contributed by atoms with Gasteiger partial charge in [0.1, 0.15) is 6.61 Å². The van der Waals surface area contributed by atoms with Gasteiger partial charge in [0.2, 0.25) is 5.88 Å². The number of nitrogens with zero attached hydrogens (tertiary/aromatic N) is 1. The molecule has 1 aliphatic rings. The number of para-hydroxylation sites is 1. The summed E-state index contributed by atoms with van der Waals surface area (Å²) < 4.78 is 16.6. The van der Waals surface area contributed by atoms with E-state index in [0.717, 1.165) is 30.0 Å². The van der Waals surface area contributed by atoms with Crippen molar-refractivity contribution in [3.05, 3.63) is 47.7 Å². The first-order chi connectivity index (χ1) is 11.3. The molecule has 0 aliphatic carbocycles. The molecule has 23 heavy (non-hydrogen) atoms. The summed E-state index contributed by atoms with van der Waals surface area (Å²) in [6, 6.07) is 10.2. The number of ether oxygens (including phenoxy) is 3. The number of methoxy groups -OCH3 is 1. The first kappa shape index (κ1) is 15.6. The number of pyridine rings is 1. The van der Waals surface area contributed by atoms with E-state index in [9.17, 15) is 0 Å². The summed E-state index contributed by atoms with van der Waals surface area (Å²) in [4.78, 5) is 4.28. The summed E-state index contributed by atoms with van der Waals surface area (Å²) in [5.74, 6) is 2.34. The summed E-state index contributed by atoms with van der Waals surface area (Å²) in [6.07, 6.45) is 2.77. The molecule has 0 saturated carbocycles. The zero-order chi connectivity index (χ0) is 16.1. The van der Waals surface area contributed by atoms with E-state index in [2.05, 4.69) is 16.4 Å². The molecule has 1 N–H and O–H groups in total. The molecule has 0 spiro atoms. The lowest BCUT2D eigenvalue weighted by atomic mass is 10.0. The van der Waals surface area contributed by atoms with E-state index in [4.69, 9.17) is 14.2 Å². The Morgan fingerprint density at radius 1 is 1.30 bits per heavy atom. The van der Waals surface area contributed by atoms with Crippen molar-refractivity contribution in [3.63, 3.8) is 0 Å². The van der Waals surface area contributed by atoms with Crippen molar-refractivity contribution in [1.82, 2.24) is 10.3 Å². The van der Waals surface area contributed by atoms with Crippen LogP contribution in [0.25, 0.3) is 0 Å². The van der Waals surface area contributed by atoms with Crippen LogP contribution in [0.3, 0.4) is 0 Å². The van der Waals surface area contributed by atoms with Crippen LogP contribution in [0.5, 0.6) is 17.4 Å². The Kier molecular flexibility index (Phi) is 4.98. The molecule has 1 aliphatic heterocycles. The van der Waals surface area contributed by atoms with Crippen LogP contribution in [0.2, 0.25) is 0 Å². The van der Waals surface area contributed by atoms with Crippen molar-refractivity contribution in [2.75, 3.05) is 20.3 Å². The van der Waals surface area contributed by atoms with Crippen LogP contribution in [-0.4, -0.2) is 31.3 Å². The molecule has 5 nitrogen and oxygen atoms in total. The maximum Gasteiger partial charge on any atom is 0.213 e. The zero-order valence-corrected chi connectivity index (χ0v) is 13.5. The highest BCUT2D eigenvalue weighted by molar-refractivity contribution is 5.48. The summed E-state index contributed by atoms with van der Waals surface area (Å²) in [5.41, 5.74) is 2.31. The fraction of sp³-hybridized carbons (Fsp3) is 0.389. The van der Waals surface area contributed by atoms with Gasteiger partial charge in [-0.3, -0.25) is 0 Å². The SMILES string of the molecule is CCOc1ccc(CNC2COc3c(cccc3OC)C2)cn1. The van der Waals surface area contributed by atoms with Crippen molar-refractivity contribution in [2.24, 2.45) is 0 Å². The van der Waals surface area contributed by atoms with Crippen molar-refractivity contribution >= 4 is 0 Å². The van der Waals surface area contributed by atoms with Gasteiger partial charge in [0.25, 0.3) is 0 Å². The third-order valence-electron chi connectivity index (χ3n) is 3.86. The lowest BCUT2D eigenvalue weighted by molar-refractivity contribution is 0.226. The van der Waals surface area contributed by atoms with Gasteiger partial charge >= 0.3 is 0 Å². The molecule has 1 unspecified atom stereocenters. The Labute approximate surface area is 136 Å². The number of hydrogen-bond acceptors (Lipinski definition) is 5. The topological polar surface area (TPSA) is 52.6 Å². The predicted molar refractivity (Wildman–Crippen MR) is 88.2 cm³/mol. The van der Waals surface area contributed by atoms with Crippen molar-refractivity contribution in [1.29, 1.82) is 0 Å². The van der Waals surface area contributed by atoms with Crippen LogP contribution in [0.15, 0.2) is 36.5 Å². The van der Waals surface area contributed by atoms with Gasteiger partial charge in [-0.2, -0.15) is 0 Å². The van der Waals surface area contributed by atoms with E-state index in [1.807, 2.05) is 37.4 Å². The van der Waals surface area contributed by atoms with Gasteiger partial charge in [-0.25, -0.2) is 4.98 Å². The molecule has 0 bridgehead atoms. The van der Waals surface area contributed by atoms with Crippen molar-refractivity contribution in [3.8, 4) is 17.4 Å². The van der Waals surface area contributed by atoms with Gasteiger partial charge in [0.15, 0.2) is 11.5 Å². The Morgan fingerprint density at radius 2 is 2.22 bits per heavy atom. The minimum Gasteiger partial charge on any atom is -0.493 e. The molecular weight excluding hydrogens is 292 g/mol. The highest BCUT2D eigenvalue weighted by Crippen LogP contribution is 2.34. The van der Waals surface area contributed by atoms with E-state index in [-0.39, 0.29) is 6.04 Å². The quantitative estimate of drug-likeness (QED) is 0.888. The minimum atomic E-state index is 0.279. The number of fused-ring (bicyclic) bond motifs is 1. The maximum atomic E-state index is 5.87. The monoisotopic (exact) mass is 314 g/mol. The molecular formula is C18H22N2O3. The molecule has 1 atom stereocenters. The van der Waals surface area contributed by atoms with Crippen LogP contribution in [0, 0.1) is 0 Å². The minimum absolute atomic E-state index is 0.279. The fourth-order valence-electron chi connectivity index (χ4n) is 2.70. The van der Waals surface area contributed by atoms with Crippen LogP contribution < -0.4 is 19.5 Å². The third kappa shape index (κ3) is 3.74. The maximum absolute atomic E-state index is 5.87. The Bertz CT molecular complexity index is 643. The number of nitrogens with one attached hydrogen (secondary N) is 1. The standard InChI is InChI=1S/C18H22N2O3/c1-3-22-17-8-7-13(11-20-17)10-19-15-9-14-5-4-6-16(21-2)18(14)23-12-15/h4-8,11,15,19H,3,9-10,12H2,1-2H3. The van der Waals surface area contributed by atoms with Gasteiger partial charge in [-0.15, -0.1) is 0 Å². The molecule has 0 fully saturated rings. The van der Waals surface area contributed by atoms with Crippen LogP contribution in [0.4, 0.5) is 0 Å². The molecule has 2 heterocycles. The highest BCUT2D eigenvalue weighted by atomic mass is 16.5. The molecule has 2 aromatic rings. The first-order valence-corrected chi connectivity index (χ1v) is 7.90. The van der Waals surface area contributed by atoms with E-state index in [1.54, 1.807) is 7.11 Å². The Balaban J connectivity index is 1.57. The largest absolute Gasteiger partial charge is 0.493 e. The number of rotatable bonds is 6. The molecule has 5 heteroatoms. The van der Waals surface area contributed by atoms with Gasteiger partial charge in [0, 0.05) is 24.8 Å². The van der Waals surface area contributed by atoms with Crippen LogP contribution in [0.1, 0.15) is 18.1 Å². The zero-order valence-electron chi connectivity index (χ0n) is 13.5. The number of benzene rings is 1. The number of aromatic nitrogens is 1. The van der Waals surface area contributed by atoms with Gasteiger partial charge in [0.05, 0.1) is 13.7 Å². The lowest BCUT2D eigenvalue weighted by Gasteiger charge is -2.27. The average molecular weight is 314 g/mol. The molecule has 0 amide bonds. The van der Waals surface area contributed by atoms with E-state index >= 15 is 0 Å². The summed E-state index contributed by atoms with van der Waals surface area (Å²) in [5, 5.41) is 3.52. The second kappa shape index (κ2) is 7.33. The molecule has 0 radical (unpaired) electrons. The van der Waals surface area contributed by atoms with Gasteiger partial charge in [-0.05, 0) is 30.5 Å². The van der Waals surface area contributed by atoms with Gasteiger partial charge < -0.3 is 19.5 Å².